The van der Waals surface area contributed by atoms with Gasteiger partial charge in [0.1, 0.15) is 0 Å². The Morgan fingerprint density at radius 1 is 1.47 bits per heavy atom. The number of carbonyl (C=O) groups is 1. The number of rotatable bonds is 2. The van der Waals surface area contributed by atoms with Crippen LogP contribution in [0.15, 0.2) is 18.2 Å². The highest BCUT2D eigenvalue weighted by molar-refractivity contribution is 9.10. The Kier molecular flexibility index (Phi) is 4.55. The van der Waals surface area contributed by atoms with E-state index in [1.54, 1.807) is 0 Å². The number of ether oxygens (including phenoxy) is 1. The molecule has 0 aromatic heterocycles. The fraction of sp³-hybridized carbons (Fsp3) is 0.300. The molecule has 2 unspecified atom stereocenters. The molecule has 0 aliphatic heterocycles. The molecule has 2 nitrogen and oxygen atoms in total. The third-order valence-electron chi connectivity index (χ3n) is 2.08. The molecule has 0 bridgehead atoms. The van der Waals surface area contributed by atoms with Crippen LogP contribution in [0.3, 0.4) is 0 Å². The summed E-state index contributed by atoms with van der Waals surface area (Å²) in [5.74, 6) is -0.795. The number of halogens is 4. The van der Waals surface area contributed by atoms with Crippen molar-refractivity contribution in [2.75, 3.05) is 7.11 Å². The van der Waals surface area contributed by atoms with Crippen molar-refractivity contribution < 1.29 is 22.7 Å². The van der Waals surface area contributed by atoms with Crippen molar-refractivity contribution in [1.29, 1.82) is 0 Å². The van der Waals surface area contributed by atoms with Crippen molar-refractivity contribution in [2.45, 2.75) is 10.7 Å². The fourth-order valence-corrected chi connectivity index (χ4v) is 1.98. The molecule has 0 spiro atoms. The lowest BCUT2D eigenvalue weighted by atomic mass is 10.0. The van der Waals surface area contributed by atoms with E-state index in [1.807, 2.05) is 0 Å². The quantitative estimate of drug-likeness (QED) is 0.469. The van der Waals surface area contributed by atoms with Gasteiger partial charge in [-0.15, -0.1) is 9.24 Å². The first-order valence-corrected chi connectivity index (χ1v) is 6.04. The third kappa shape index (κ3) is 3.42. The molecular formula is C10H9BrF3O2P. The van der Waals surface area contributed by atoms with E-state index in [-0.39, 0.29) is 11.1 Å². The van der Waals surface area contributed by atoms with E-state index < -0.39 is 22.3 Å². The Balaban J connectivity index is 3.35. The first-order chi connectivity index (χ1) is 7.77. The average Bonchev–Trinajstić information content (AvgIpc) is 2.25. The summed E-state index contributed by atoms with van der Waals surface area (Å²) in [4.78, 5) is 11.2. The lowest BCUT2D eigenvalue weighted by Gasteiger charge is -2.15. The summed E-state index contributed by atoms with van der Waals surface area (Å²) in [6, 6.07) is 3.34. The smallest absolute Gasteiger partial charge is 0.416 e. The fourth-order valence-electron chi connectivity index (χ4n) is 1.29. The van der Waals surface area contributed by atoms with Gasteiger partial charge in [-0.25, -0.2) is 4.79 Å². The summed E-state index contributed by atoms with van der Waals surface area (Å²) < 4.78 is 42.2. The van der Waals surface area contributed by atoms with Gasteiger partial charge < -0.3 is 4.74 Å². The van der Waals surface area contributed by atoms with Crippen LogP contribution in [0, 0.1) is 0 Å². The van der Waals surface area contributed by atoms with Crippen LogP contribution in [0.2, 0.25) is 0 Å². The number of hydrogen-bond acceptors (Lipinski definition) is 2. The molecular weight excluding hydrogens is 320 g/mol. The van der Waals surface area contributed by atoms with Gasteiger partial charge in [0.05, 0.1) is 22.8 Å². The summed E-state index contributed by atoms with van der Waals surface area (Å²) >= 11 is 3.05. The molecule has 0 saturated heterocycles. The number of esters is 1. The monoisotopic (exact) mass is 328 g/mol. The molecule has 2 atom stereocenters. The van der Waals surface area contributed by atoms with Crippen molar-refractivity contribution in [3.8, 4) is 0 Å². The zero-order valence-corrected chi connectivity index (χ0v) is 11.5. The van der Waals surface area contributed by atoms with Crippen molar-refractivity contribution in [3.63, 3.8) is 0 Å². The summed E-state index contributed by atoms with van der Waals surface area (Å²) in [6.45, 7) is 0. The molecule has 1 rings (SSSR count). The highest BCUT2D eigenvalue weighted by atomic mass is 79.9. The van der Waals surface area contributed by atoms with Gasteiger partial charge in [0.25, 0.3) is 0 Å². The number of benzene rings is 1. The summed E-state index contributed by atoms with van der Waals surface area (Å²) in [5, 5.41) is 0. The zero-order chi connectivity index (χ0) is 13.2. The molecule has 0 aliphatic carbocycles. The molecule has 0 amide bonds. The van der Waals surface area contributed by atoms with E-state index >= 15 is 0 Å². The third-order valence-corrected chi connectivity index (χ3v) is 2.93. The molecule has 17 heavy (non-hydrogen) atoms. The molecule has 0 fully saturated rings. The molecule has 1 aromatic rings. The van der Waals surface area contributed by atoms with Gasteiger partial charge >= 0.3 is 12.1 Å². The molecule has 0 radical (unpaired) electrons. The second-order valence-corrected chi connectivity index (χ2v) is 5.82. The maximum atomic E-state index is 12.8. The molecule has 0 heterocycles. The van der Waals surface area contributed by atoms with Gasteiger partial charge in [-0.1, -0.05) is 22.0 Å². The van der Waals surface area contributed by atoms with Gasteiger partial charge in [-0.3, -0.25) is 0 Å². The minimum Gasteiger partial charge on any atom is -0.465 e. The normalized spacial score (nSPS) is 13.3. The minimum atomic E-state index is -4.51. The molecule has 1 aromatic carbocycles. The SMILES string of the molecule is COC(=O)c1ccc(C(P)Br)c(C(F)(F)F)c1. The van der Waals surface area contributed by atoms with E-state index in [2.05, 4.69) is 29.9 Å². The zero-order valence-electron chi connectivity index (χ0n) is 8.72. The maximum Gasteiger partial charge on any atom is 0.416 e. The average molecular weight is 329 g/mol. The summed E-state index contributed by atoms with van der Waals surface area (Å²) in [6.07, 6.45) is -4.51. The lowest BCUT2D eigenvalue weighted by Crippen LogP contribution is -2.11. The Morgan fingerprint density at radius 3 is 2.47 bits per heavy atom. The molecule has 0 N–H and O–H groups in total. The largest absolute Gasteiger partial charge is 0.465 e. The minimum absolute atomic E-state index is 0.0511. The molecule has 7 heteroatoms. The van der Waals surface area contributed by atoms with Gasteiger partial charge in [0.2, 0.25) is 0 Å². The van der Waals surface area contributed by atoms with Crippen LogP contribution in [0.4, 0.5) is 13.2 Å². The highest BCUT2D eigenvalue weighted by Gasteiger charge is 2.35. The van der Waals surface area contributed by atoms with Crippen molar-refractivity contribution in [1.82, 2.24) is 0 Å². The van der Waals surface area contributed by atoms with Crippen LogP contribution in [-0.2, 0) is 10.9 Å². The maximum absolute atomic E-state index is 12.8. The second-order valence-electron chi connectivity index (χ2n) is 3.19. The van der Waals surface area contributed by atoms with Gasteiger partial charge in [-0.2, -0.15) is 13.2 Å². The van der Waals surface area contributed by atoms with Gasteiger partial charge in [-0.05, 0) is 17.7 Å². The Bertz CT molecular complexity index is 432. The number of hydrogen-bond donors (Lipinski definition) is 0. The Labute approximate surface area is 107 Å². The topological polar surface area (TPSA) is 26.3 Å². The lowest BCUT2D eigenvalue weighted by molar-refractivity contribution is -0.138. The van der Waals surface area contributed by atoms with Crippen LogP contribution < -0.4 is 0 Å². The van der Waals surface area contributed by atoms with E-state index in [4.69, 9.17) is 0 Å². The molecule has 94 valence electrons. The van der Waals surface area contributed by atoms with Crippen LogP contribution in [0.1, 0.15) is 26.1 Å². The Morgan fingerprint density at radius 2 is 2.06 bits per heavy atom. The molecule has 0 saturated carbocycles. The molecule has 0 aliphatic rings. The van der Waals surface area contributed by atoms with Crippen molar-refractivity contribution in [2.24, 2.45) is 0 Å². The predicted molar refractivity (Wildman–Crippen MR) is 64.2 cm³/mol. The second kappa shape index (κ2) is 5.36. The number of methoxy groups -OCH3 is 1. The van der Waals surface area contributed by atoms with Crippen LogP contribution in [0.5, 0.6) is 0 Å². The van der Waals surface area contributed by atoms with Crippen LogP contribution in [0.25, 0.3) is 0 Å². The predicted octanol–water partition coefficient (Wildman–Crippen LogP) is 3.76. The summed E-state index contributed by atoms with van der Waals surface area (Å²) in [7, 11) is 3.33. The standard InChI is InChI=1S/C10H9BrF3O2P/c1-16-9(15)5-2-3-6(8(11)17)7(4-5)10(12,13)14/h2-4,8H,17H2,1H3. The van der Waals surface area contributed by atoms with Crippen LogP contribution >= 0.6 is 25.2 Å². The number of carbonyl (C=O) groups excluding carboxylic acids is 1. The van der Waals surface area contributed by atoms with Gasteiger partial charge in [0, 0.05) is 0 Å². The Hall–Kier alpha value is -0.610. The number of alkyl halides is 4. The van der Waals surface area contributed by atoms with E-state index in [1.165, 1.54) is 12.1 Å². The van der Waals surface area contributed by atoms with Crippen molar-refractivity contribution in [3.05, 3.63) is 34.9 Å². The highest BCUT2D eigenvalue weighted by Crippen LogP contribution is 2.40. The first kappa shape index (κ1) is 14.5. The van der Waals surface area contributed by atoms with E-state index in [0.29, 0.717) is 0 Å². The van der Waals surface area contributed by atoms with E-state index in [9.17, 15) is 18.0 Å². The van der Waals surface area contributed by atoms with Crippen molar-refractivity contribution >= 4 is 31.1 Å². The summed E-state index contributed by atoms with van der Waals surface area (Å²) in [5.41, 5.74) is -0.922. The first-order valence-electron chi connectivity index (χ1n) is 4.46. The van der Waals surface area contributed by atoms with Gasteiger partial charge in [0.15, 0.2) is 0 Å². The van der Waals surface area contributed by atoms with E-state index in [0.717, 1.165) is 13.2 Å². The van der Waals surface area contributed by atoms with Crippen LogP contribution in [-0.4, -0.2) is 13.1 Å².